The third-order valence-electron chi connectivity index (χ3n) is 5.05. The Labute approximate surface area is 151 Å². The second-order valence-corrected chi connectivity index (χ2v) is 7.31. The second-order valence-electron chi connectivity index (χ2n) is 6.87. The molecule has 5 nitrogen and oxygen atoms in total. The van der Waals surface area contributed by atoms with E-state index >= 15 is 0 Å². The van der Waals surface area contributed by atoms with Gasteiger partial charge in [0.2, 0.25) is 0 Å². The fourth-order valence-electron chi connectivity index (χ4n) is 3.54. The highest BCUT2D eigenvalue weighted by molar-refractivity contribution is 6.30. The van der Waals surface area contributed by atoms with E-state index in [0.29, 0.717) is 22.3 Å². The number of aromatic nitrogens is 3. The number of hydrogen-bond donors (Lipinski definition) is 2. The van der Waals surface area contributed by atoms with E-state index in [1.165, 1.54) is 12.8 Å². The van der Waals surface area contributed by atoms with Crippen molar-refractivity contribution in [3.05, 3.63) is 41.0 Å². The highest BCUT2D eigenvalue weighted by Crippen LogP contribution is 2.33. The summed E-state index contributed by atoms with van der Waals surface area (Å²) in [6, 6.07) is 10.3. The van der Waals surface area contributed by atoms with Gasteiger partial charge in [-0.3, -0.25) is 5.10 Å². The lowest BCUT2D eigenvalue weighted by molar-refractivity contribution is 0.360. The van der Waals surface area contributed by atoms with Crippen molar-refractivity contribution in [1.29, 1.82) is 5.26 Å². The topological polar surface area (TPSA) is 68.9 Å². The maximum Gasteiger partial charge on any atom is 0.173 e. The van der Waals surface area contributed by atoms with Gasteiger partial charge in [0, 0.05) is 22.8 Å². The monoisotopic (exact) mass is 353 g/mol. The van der Waals surface area contributed by atoms with Gasteiger partial charge in [0.05, 0.1) is 0 Å². The van der Waals surface area contributed by atoms with Crippen molar-refractivity contribution in [3.63, 3.8) is 0 Å². The Balaban J connectivity index is 1.77. The molecule has 2 heterocycles. The summed E-state index contributed by atoms with van der Waals surface area (Å²) in [7, 11) is 0. The van der Waals surface area contributed by atoms with Crippen LogP contribution in [-0.2, 0) is 0 Å². The van der Waals surface area contributed by atoms with Crippen LogP contribution in [0.3, 0.4) is 0 Å². The van der Waals surface area contributed by atoms with E-state index in [4.69, 9.17) is 16.6 Å². The van der Waals surface area contributed by atoms with Crippen molar-refractivity contribution in [2.45, 2.75) is 38.6 Å². The van der Waals surface area contributed by atoms with Crippen LogP contribution in [0.4, 0.5) is 5.82 Å². The highest BCUT2D eigenvalue weighted by Gasteiger charge is 2.23. The van der Waals surface area contributed by atoms with E-state index in [1.807, 2.05) is 28.8 Å². The minimum absolute atomic E-state index is 0.427. The number of anilines is 1. The minimum atomic E-state index is 0.427. The van der Waals surface area contributed by atoms with Crippen LogP contribution in [0.15, 0.2) is 30.5 Å². The molecule has 0 atom stereocenters. The van der Waals surface area contributed by atoms with E-state index in [9.17, 15) is 5.26 Å². The molecule has 0 bridgehead atoms. The number of nitriles is 1. The van der Waals surface area contributed by atoms with Gasteiger partial charge in [0.1, 0.15) is 17.3 Å². The maximum atomic E-state index is 9.32. The molecule has 0 unspecified atom stereocenters. The zero-order valence-electron chi connectivity index (χ0n) is 14.1. The smallest absolute Gasteiger partial charge is 0.173 e. The van der Waals surface area contributed by atoms with Crippen molar-refractivity contribution in [3.8, 4) is 17.3 Å². The predicted octanol–water partition coefficient (Wildman–Crippen LogP) is 4.85. The first-order chi connectivity index (χ1) is 12.2. The molecule has 3 aromatic rings. The molecule has 2 N–H and O–H groups in total. The molecule has 0 radical (unpaired) electrons. The average molecular weight is 354 g/mol. The summed E-state index contributed by atoms with van der Waals surface area (Å²) < 4.78 is 1.88. The number of benzene rings is 1. The van der Waals surface area contributed by atoms with Crippen molar-refractivity contribution in [2.75, 3.05) is 5.32 Å². The molecule has 0 aliphatic heterocycles. The SMILES string of the molecule is CC1CCC(Nc2c(-c3ccc(Cl)cc3)nc3c(C#N)c[nH]n23)CC1. The van der Waals surface area contributed by atoms with Crippen LogP contribution in [0.25, 0.3) is 16.9 Å². The first kappa shape index (κ1) is 16.0. The Bertz CT molecular complexity index is 923. The number of fused-ring (bicyclic) bond motifs is 1. The fourth-order valence-corrected chi connectivity index (χ4v) is 3.67. The van der Waals surface area contributed by atoms with Crippen molar-refractivity contribution >= 4 is 23.1 Å². The predicted molar refractivity (Wildman–Crippen MR) is 99.7 cm³/mol. The van der Waals surface area contributed by atoms with E-state index in [0.717, 1.165) is 35.8 Å². The first-order valence-electron chi connectivity index (χ1n) is 8.68. The van der Waals surface area contributed by atoms with E-state index in [2.05, 4.69) is 23.4 Å². The third-order valence-corrected chi connectivity index (χ3v) is 5.30. The van der Waals surface area contributed by atoms with Gasteiger partial charge in [0.25, 0.3) is 0 Å². The molecule has 1 saturated carbocycles. The van der Waals surface area contributed by atoms with Crippen molar-refractivity contribution < 1.29 is 0 Å². The van der Waals surface area contributed by atoms with Gasteiger partial charge < -0.3 is 5.32 Å². The molecule has 0 amide bonds. The van der Waals surface area contributed by atoms with Crippen LogP contribution < -0.4 is 5.32 Å². The molecule has 0 spiro atoms. The maximum absolute atomic E-state index is 9.32. The number of hydrogen-bond acceptors (Lipinski definition) is 3. The molecular weight excluding hydrogens is 334 g/mol. The quantitative estimate of drug-likeness (QED) is 0.707. The standard InChI is InChI=1S/C19H20ClN5/c1-12-2-8-16(9-3-12)23-19-17(13-4-6-15(20)7-5-13)24-18-14(10-21)11-22-25(18)19/h4-7,11-12,16,22-23H,2-3,8-9H2,1H3. The summed E-state index contributed by atoms with van der Waals surface area (Å²) in [5.41, 5.74) is 3.02. The van der Waals surface area contributed by atoms with Crippen LogP contribution in [-0.4, -0.2) is 20.6 Å². The molecule has 1 aliphatic rings. The molecule has 25 heavy (non-hydrogen) atoms. The van der Waals surface area contributed by atoms with Crippen LogP contribution in [0, 0.1) is 17.2 Å². The van der Waals surface area contributed by atoms with Gasteiger partial charge in [-0.2, -0.15) is 5.26 Å². The van der Waals surface area contributed by atoms with Crippen LogP contribution in [0.1, 0.15) is 38.2 Å². The number of H-pyrrole nitrogens is 1. The number of imidazole rings is 1. The van der Waals surface area contributed by atoms with Crippen LogP contribution in [0.5, 0.6) is 0 Å². The molecule has 1 fully saturated rings. The molecule has 128 valence electrons. The second kappa shape index (κ2) is 6.45. The van der Waals surface area contributed by atoms with E-state index < -0.39 is 0 Å². The summed E-state index contributed by atoms with van der Waals surface area (Å²) >= 11 is 6.02. The Morgan fingerprint density at radius 3 is 2.64 bits per heavy atom. The fraction of sp³-hybridized carbons (Fsp3) is 0.368. The summed E-state index contributed by atoms with van der Waals surface area (Å²) in [6.45, 7) is 2.32. The zero-order chi connectivity index (χ0) is 17.4. The Hall–Kier alpha value is -2.45. The summed E-state index contributed by atoms with van der Waals surface area (Å²) in [4.78, 5) is 4.73. The lowest BCUT2D eigenvalue weighted by Crippen LogP contribution is -2.26. The van der Waals surface area contributed by atoms with Gasteiger partial charge >= 0.3 is 0 Å². The van der Waals surface area contributed by atoms with E-state index in [1.54, 1.807) is 6.20 Å². The number of nitrogens with one attached hydrogen (secondary N) is 2. The molecule has 0 saturated heterocycles. The number of aromatic amines is 1. The number of halogens is 1. The minimum Gasteiger partial charge on any atom is -0.365 e. The molecule has 2 aromatic heterocycles. The van der Waals surface area contributed by atoms with Gasteiger partial charge in [-0.15, -0.1) is 0 Å². The summed E-state index contributed by atoms with van der Waals surface area (Å²) in [5, 5.41) is 16.8. The zero-order valence-corrected chi connectivity index (χ0v) is 14.8. The normalized spacial score (nSPS) is 20.5. The van der Waals surface area contributed by atoms with Gasteiger partial charge in [0.15, 0.2) is 11.5 Å². The number of rotatable bonds is 3. The first-order valence-corrected chi connectivity index (χ1v) is 9.06. The average Bonchev–Trinajstić information content (AvgIpc) is 3.17. The van der Waals surface area contributed by atoms with Gasteiger partial charge in [-0.1, -0.05) is 30.7 Å². The van der Waals surface area contributed by atoms with Crippen molar-refractivity contribution in [1.82, 2.24) is 14.6 Å². The largest absolute Gasteiger partial charge is 0.365 e. The van der Waals surface area contributed by atoms with Crippen LogP contribution >= 0.6 is 11.6 Å². The highest BCUT2D eigenvalue weighted by atomic mass is 35.5. The molecule has 1 aliphatic carbocycles. The molecule has 1 aromatic carbocycles. The number of nitrogens with zero attached hydrogens (tertiary/aromatic N) is 3. The molecular formula is C19H20ClN5. The van der Waals surface area contributed by atoms with E-state index in [-0.39, 0.29) is 0 Å². The lowest BCUT2D eigenvalue weighted by Gasteiger charge is -2.27. The summed E-state index contributed by atoms with van der Waals surface area (Å²) in [5.74, 6) is 1.72. The van der Waals surface area contributed by atoms with Crippen molar-refractivity contribution in [2.24, 2.45) is 5.92 Å². The molecule has 4 rings (SSSR count). The van der Waals surface area contributed by atoms with Gasteiger partial charge in [-0.25, -0.2) is 9.50 Å². The van der Waals surface area contributed by atoms with Gasteiger partial charge in [-0.05, 0) is 43.7 Å². The Kier molecular flexibility index (Phi) is 4.14. The summed E-state index contributed by atoms with van der Waals surface area (Å²) in [6.07, 6.45) is 6.48. The van der Waals surface area contributed by atoms with Crippen LogP contribution in [0.2, 0.25) is 5.02 Å². The Morgan fingerprint density at radius 1 is 1.24 bits per heavy atom. The molecule has 6 heteroatoms. The Morgan fingerprint density at radius 2 is 1.96 bits per heavy atom. The third kappa shape index (κ3) is 2.98. The lowest BCUT2D eigenvalue weighted by atomic mass is 9.87.